The van der Waals surface area contributed by atoms with E-state index in [-0.39, 0.29) is 36.9 Å². The quantitative estimate of drug-likeness (QED) is 0.611. The highest BCUT2D eigenvalue weighted by atomic mass is 19.3. The molecule has 0 aromatic heterocycles. The molecular weight excluding hydrogens is 438 g/mol. The first-order chi connectivity index (χ1) is 15.4. The van der Waals surface area contributed by atoms with E-state index < -0.39 is 30.9 Å². The number of nitriles is 2. The molecule has 0 saturated carbocycles. The summed E-state index contributed by atoms with van der Waals surface area (Å²) in [5.74, 6) is -3.75. The van der Waals surface area contributed by atoms with Gasteiger partial charge in [0.1, 0.15) is 0 Å². The Morgan fingerprint density at radius 1 is 1.06 bits per heavy atom. The van der Waals surface area contributed by atoms with Crippen molar-refractivity contribution >= 4 is 12.2 Å². The Labute approximate surface area is 194 Å². The molecule has 186 valence electrons. The predicted octanol–water partition coefficient (Wildman–Crippen LogP) is 3.79. The summed E-state index contributed by atoms with van der Waals surface area (Å²) >= 11 is 0. The smallest absolute Gasteiger partial charge is 0.410 e. The number of methoxy groups -OCH3 is 1. The number of carbonyl (C=O) groups is 2. The highest BCUT2D eigenvalue weighted by Crippen LogP contribution is 2.30. The number of piperidine rings is 2. The molecule has 0 spiro atoms. The number of rotatable bonds is 4. The van der Waals surface area contributed by atoms with E-state index in [1.807, 2.05) is 13.8 Å². The minimum absolute atomic E-state index is 0.0116. The Hall–Kier alpha value is -2.66. The third kappa shape index (κ3) is 9.79. The van der Waals surface area contributed by atoms with Gasteiger partial charge in [0.25, 0.3) is 5.92 Å². The maximum absolute atomic E-state index is 13.2. The molecule has 2 fully saturated rings. The Kier molecular flexibility index (Phi) is 11.3. The van der Waals surface area contributed by atoms with Gasteiger partial charge in [-0.1, -0.05) is 0 Å². The molecule has 2 heterocycles. The number of carbonyl (C=O) groups excluding carboxylic acids is 2. The minimum atomic E-state index is -3.01. The van der Waals surface area contributed by atoms with Crippen molar-refractivity contribution in [3.8, 4) is 12.1 Å². The van der Waals surface area contributed by atoms with Crippen LogP contribution < -0.4 is 0 Å². The van der Waals surface area contributed by atoms with Gasteiger partial charge in [-0.15, -0.1) is 0 Å². The Morgan fingerprint density at radius 3 is 2.12 bits per heavy atom. The van der Waals surface area contributed by atoms with Crippen molar-refractivity contribution < 1.29 is 32.6 Å². The van der Waals surface area contributed by atoms with Gasteiger partial charge < -0.3 is 24.0 Å². The summed E-state index contributed by atoms with van der Waals surface area (Å²) in [5, 5.41) is 17.4. The van der Waals surface area contributed by atoms with Gasteiger partial charge in [0.05, 0.1) is 42.9 Å². The summed E-state index contributed by atoms with van der Waals surface area (Å²) < 4.78 is 41.7. The number of hydrogen-bond acceptors (Lipinski definition) is 7. The second kappa shape index (κ2) is 13.1. The van der Waals surface area contributed by atoms with E-state index in [4.69, 9.17) is 24.7 Å². The summed E-state index contributed by atoms with van der Waals surface area (Å²) in [6.07, 6.45) is -0.805. The molecule has 2 aliphatic heterocycles. The van der Waals surface area contributed by atoms with E-state index in [1.165, 1.54) is 0 Å². The molecule has 2 amide bonds. The molecule has 0 aliphatic carbocycles. The maximum atomic E-state index is 13.2. The molecular formula is C22H34F2N4O5. The summed E-state index contributed by atoms with van der Waals surface area (Å²) in [5.41, 5.74) is 0. The van der Waals surface area contributed by atoms with E-state index >= 15 is 0 Å². The standard InChI is InChI=1S/C12H20N2O3.C10H14F2N2O2/c1-9(2)17-12(15)14-7-5-11(16-3)10(8-14)4-6-13;1-7(2)16-9(15)14-5-8(4-13)3-10(11,12)6-14/h9-11H,4-5,7-8H2,1-3H3;7-8H,3,5-6H2,1-2H3. The van der Waals surface area contributed by atoms with E-state index in [0.29, 0.717) is 19.5 Å². The van der Waals surface area contributed by atoms with Crippen molar-refractivity contribution in [3.63, 3.8) is 0 Å². The van der Waals surface area contributed by atoms with Crippen molar-refractivity contribution in [2.75, 3.05) is 33.3 Å². The van der Waals surface area contributed by atoms with Crippen LogP contribution in [0.2, 0.25) is 0 Å². The zero-order valence-electron chi connectivity index (χ0n) is 19.9. The van der Waals surface area contributed by atoms with Crippen LogP contribution in [0.25, 0.3) is 0 Å². The zero-order chi connectivity index (χ0) is 25.2. The summed E-state index contributed by atoms with van der Waals surface area (Å²) in [7, 11) is 1.65. The van der Waals surface area contributed by atoms with E-state index in [0.717, 1.165) is 11.3 Å². The topological polar surface area (TPSA) is 116 Å². The molecule has 0 bridgehead atoms. The zero-order valence-corrected chi connectivity index (χ0v) is 19.9. The molecule has 0 radical (unpaired) electrons. The third-order valence-electron chi connectivity index (χ3n) is 5.10. The second-order valence-electron chi connectivity index (χ2n) is 8.76. The average Bonchev–Trinajstić information content (AvgIpc) is 2.72. The lowest BCUT2D eigenvalue weighted by Crippen LogP contribution is -2.49. The molecule has 0 aromatic rings. The number of ether oxygens (including phenoxy) is 3. The summed E-state index contributed by atoms with van der Waals surface area (Å²) in [4.78, 5) is 25.7. The van der Waals surface area contributed by atoms with E-state index in [9.17, 15) is 18.4 Å². The van der Waals surface area contributed by atoms with Gasteiger partial charge in [0.15, 0.2) is 0 Å². The number of halogens is 2. The molecule has 9 nitrogen and oxygen atoms in total. The van der Waals surface area contributed by atoms with Crippen LogP contribution in [0.5, 0.6) is 0 Å². The first-order valence-corrected chi connectivity index (χ1v) is 11.0. The minimum Gasteiger partial charge on any atom is -0.447 e. The van der Waals surface area contributed by atoms with Crippen LogP contribution in [-0.4, -0.2) is 79.5 Å². The number of hydrogen-bond donors (Lipinski definition) is 0. The van der Waals surface area contributed by atoms with Crippen molar-refractivity contribution in [3.05, 3.63) is 0 Å². The van der Waals surface area contributed by atoms with Crippen molar-refractivity contribution in [1.29, 1.82) is 10.5 Å². The van der Waals surface area contributed by atoms with Gasteiger partial charge in [-0.2, -0.15) is 10.5 Å². The predicted molar refractivity (Wildman–Crippen MR) is 114 cm³/mol. The van der Waals surface area contributed by atoms with Crippen molar-refractivity contribution in [2.45, 2.75) is 71.2 Å². The number of amides is 2. The average molecular weight is 473 g/mol. The van der Waals surface area contributed by atoms with Crippen molar-refractivity contribution in [2.24, 2.45) is 11.8 Å². The fourth-order valence-electron chi connectivity index (χ4n) is 3.68. The van der Waals surface area contributed by atoms with Gasteiger partial charge in [0, 0.05) is 45.5 Å². The third-order valence-corrected chi connectivity index (χ3v) is 5.10. The molecule has 3 unspecified atom stereocenters. The number of alkyl halides is 2. The Morgan fingerprint density at radius 2 is 1.64 bits per heavy atom. The van der Waals surface area contributed by atoms with Crippen LogP contribution in [-0.2, 0) is 14.2 Å². The van der Waals surface area contributed by atoms with E-state index in [1.54, 1.807) is 31.9 Å². The molecule has 0 aromatic carbocycles. The van der Waals surface area contributed by atoms with Crippen molar-refractivity contribution in [1.82, 2.24) is 9.80 Å². The van der Waals surface area contributed by atoms with E-state index in [2.05, 4.69) is 6.07 Å². The molecule has 2 saturated heterocycles. The van der Waals surface area contributed by atoms with Gasteiger partial charge in [-0.3, -0.25) is 0 Å². The van der Waals surface area contributed by atoms with Crippen LogP contribution in [0, 0.1) is 34.5 Å². The van der Waals surface area contributed by atoms with Crippen LogP contribution in [0.1, 0.15) is 47.0 Å². The second-order valence-corrected chi connectivity index (χ2v) is 8.76. The highest BCUT2D eigenvalue weighted by Gasteiger charge is 2.42. The lowest BCUT2D eigenvalue weighted by Gasteiger charge is -2.36. The molecule has 3 atom stereocenters. The molecule has 2 rings (SSSR count). The normalized spacial score (nSPS) is 24.3. The maximum Gasteiger partial charge on any atom is 0.410 e. The molecule has 11 heteroatoms. The molecule has 33 heavy (non-hydrogen) atoms. The Balaban J connectivity index is 0.000000331. The Bertz CT molecular complexity index is 735. The van der Waals surface area contributed by atoms with Crippen LogP contribution in [0.3, 0.4) is 0 Å². The van der Waals surface area contributed by atoms with Gasteiger partial charge in [0.2, 0.25) is 0 Å². The lowest BCUT2D eigenvalue weighted by atomic mass is 9.92. The summed E-state index contributed by atoms with van der Waals surface area (Å²) in [6.45, 7) is 7.45. The fourth-order valence-corrected chi connectivity index (χ4v) is 3.68. The van der Waals surface area contributed by atoms with Crippen LogP contribution in [0.15, 0.2) is 0 Å². The lowest BCUT2D eigenvalue weighted by molar-refractivity contribution is -0.0737. The molecule has 2 aliphatic rings. The molecule has 0 N–H and O–H groups in total. The SMILES string of the molecule is CC(C)OC(=O)N1CC(C#N)CC(F)(F)C1.COC1CCN(C(=O)OC(C)C)CC1CC#N. The number of nitrogens with zero attached hydrogens (tertiary/aromatic N) is 4. The monoisotopic (exact) mass is 472 g/mol. The van der Waals surface area contributed by atoms with Crippen LogP contribution >= 0.6 is 0 Å². The highest BCUT2D eigenvalue weighted by molar-refractivity contribution is 5.68. The number of likely N-dealkylation sites (tertiary alicyclic amines) is 2. The first-order valence-electron chi connectivity index (χ1n) is 11.0. The van der Waals surface area contributed by atoms with Gasteiger partial charge in [-0.05, 0) is 34.1 Å². The summed E-state index contributed by atoms with van der Waals surface area (Å²) in [6, 6.07) is 3.91. The largest absolute Gasteiger partial charge is 0.447 e. The first kappa shape index (κ1) is 28.4. The van der Waals surface area contributed by atoms with Gasteiger partial charge >= 0.3 is 12.2 Å². The van der Waals surface area contributed by atoms with Crippen LogP contribution in [0.4, 0.5) is 18.4 Å². The fraction of sp³-hybridized carbons (Fsp3) is 0.818. The van der Waals surface area contributed by atoms with Gasteiger partial charge in [-0.25, -0.2) is 18.4 Å².